The van der Waals surface area contributed by atoms with Gasteiger partial charge in [0.15, 0.2) is 0 Å². The third-order valence-electron chi connectivity index (χ3n) is 3.06. The number of hydrogen-bond donors (Lipinski definition) is 1. The van der Waals surface area contributed by atoms with Crippen LogP contribution >= 0.6 is 0 Å². The van der Waals surface area contributed by atoms with E-state index in [9.17, 15) is 13.2 Å². The van der Waals surface area contributed by atoms with Gasteiger partial charge in [-0.25, -0.2) is 13.2 Å². The molecule has 0 bridgehead atoms. The van der Waals surface area contributed by atoms with Crippen LogP contribution in [0, 0.1) is 6.92 Å². The number of hydrogen-bond acceptors (Lipinski definition) is 3. The van der Waals surface area contributed by atoms with Gasteiger partial charge >= 0.3 is 5.97 Å². The Morgan fingerprint density at radius 3 is 2.61 bits per heavy atom. The maximum Gasteiger partial charge on any atom is 0.335 e. The third kappa shape index (κ3) is 2.33. The molecule has 1 heterocycles. The second-order valence-corrected chi connectivity index (χ2v) is 6.41. The fourth-order valence-corrected chi connectivity index (χ4v) is 3.83. The summed E-state index contributed by atoms with van der Waals surface area (Å²) in [4.78, 5) is 10.8. The van der Waals surface area contributed by atoms with Gasteiger partial charge in [-0.2, -0.15) is 0 Å². The van der Waals surface area contributed by atoms with Gasteiger partial charge in [-0.05, 0) is 43.5 Å². The largest absolute Gasteiger partial charge is 0.478 e. The van der Waals surface area contributed by atoms with Crippen molar-refractivity contribution in [2.24, 2.45) is 0 Å². The van der Waals surface area contributed by atoms with E-state index >= 15 is 0 Å². The smallest absolute Gasteiger partial charge is 0.335 e. The van der Waals surface area contributed by atoms with E-state index in [4.69, 9.17) is 5.11 Å². The lowest BCUT2D eigenvalue weighted by Gasteiger charge is -2.29. The van der Waals surface area contributed by atoms with Crippen molar-refractivity contribution in [3.8, 4) is 0 Å². The highest BCUT2D eigenvalue weighted by Crippen LogP contribution is 2.27. The monoisotopic (exact) mass is 269 g/mol. The van der Waals surface area contributed by atoms with Crippen LogP contribution in [-0.2, 0) is 10.0 Å². The normalized spacial score (nSPS) is 18.6. The second-order valence-electron chi connectivity index (χ2n) is 4.40. The first-order valence-corrected chi connectivity index (χ1v) is 7.37. The molecule has 5 nitrogen and oxygen atoms in total. The van der Waals surface area contributed by atoms with Crippen LogP contribution in [-0.4, -0.2) is 31.8 Å². The molecule has 1 aromatic rings. The molecule has 6 heteroatoms. The highest BCUT2D eigenvalue weighted by atomic mass is 32.2. The first-order chi connectivity index (χ1) is 8.42. The van der Waals surface area contributed by atoms with Gasteiger partial charge < -0.3 is 5.11 Å². The molecule has 1 aliphatic rings. The molecule has 0 spiro atoms. The van der Waals surface area contributed by atoms with E-state index in [1.54, 1.807) is 13.0 Å². The van der Waals surface area contributed by atoms with Crippen LogP contribution in [0.25, 0.3) is 0 Å². The van der Waals surface area contributed by atoms with Crippen molar-refractivity contribution < 1.29 is 18.3 Å². The molecule has 0 aromatic heterocycles. The fourth-order valence-electron chi connectivity index (χ4n) is 2.13. The van der Waals surface area contributed by atoms with Gasteiger partial charge in [-0.3, -0.25) is 4.31 Å². The molecule has 1 saturated heterocycles. The summed E-state index contributed by atoms with van der Waals surface area (Å²) in [5.41, 5.74) is 1.42. The molecule has 1 aliphatic heterocycles. The summed E-state index contributed by atoms with van der Waals surface area (Å²) in [6, 6.07) is 4.51. The quantitative estimate of drug-likeness (QED) is 0.885. The molecule has 0 saturated carbocycles. The highest BCUT2D eigenvalue weighted by molar-refractivity contribution is 7.92. The molecule has 1 aromatic carbocycles. The summed E-state index contributed by atoms with van der Waals surface area (Å²) < 4.78 is 25.3. The van der Waals surface area contributed by atoms with Crippen molar-refractivity contribution >= 4 is 21.7 Å². The lowest BCUT2D eigenvalue weighted by molar-refractivity contribution is 0.0697. The number of aryl methyl sites for hydroxylation is 1. The van der Waals surface area contributed by atoms with Gasteiger partial charge in [0.2, 0.25) is 10.0 Å². The van der Waals surface area contributed by atoms with Crippen molar-refractivity contribution in [1.29, 1.82) is 0 Å². The molecule has 18 heavy (non-hydrogen) atoms. The molecule has 0 amide bonds. The zero-order valence-corrected chi connectivity index (χ0v) is 10.9. The van der Waals surface area contributed by atoms with Gasteiger partial charge in [0.1, 0.15) is 0 Å². The van der Waals surface area contributed by atoms with Crippen molar-refractivity contribution in [2.45, 2.75) is 19.8 Å². The number of aromatic carboxylic acids is 1. The Bertz CT molecular complexity index is 580. The lowest BCUT2D eigenvalue weighted by Crippen LogP contribution is -2.38. The molecule has 0 radical (unpaired) electrons. The number of carboxylic acids is 1. The van der Waals surface area contributed by atoms with Crippen LogP contribution in [0.2, 0.25) is 0 Å². The molecule has 0 atom stereocenters. The summed E-state index contributed by atoms with van der Waals surface area (Å²) in [6.07, 6.45) is 1.52. The number of benzene rings is 1. The van der Waals surface area contributed by atoms with Gasteiger partial charge in [0.05, 0.1) is 17.0 Å². The Morgan fingerprint density at radius 1 is 1.33 bits per heavy atom. The predicted octanol–water partition coefficient (Wildman–Crippen LogP) is 1.62. The average molecular weight is 269 g/mol. The highest BCUT2D eigenvalue weighted by Gasteiger charge is 2.27. The number of rotatable bonds is 2. The molecule has 1 fully saturated rings. The molecule has 1 N–H and O–H groups in total. The maximum absolute atomic E-state index is 12.0. The molecule has 98 valence electrons. The maximum atomic E-state index is 12.0. The summed E-state index contributed by atoms with van der Waals surface area (Å²) in [6.45, 7) is 2.20. The molecular formula is C12H15NO4S. The fraction of sp³-hybridized carbons (Fsp3) is 0.417. The van der Waals surface area contributed by atoms with E-state index < -0.39 is 16.0 Å². The van der Waals surface area contributed by atoms with E-state index in [1.165, 1.54) is 16.4 Å². The molecular weight excluding hydrogens is 254 g/mol. The molecule has 2 rings (SSSR count). The summed E-state index contributed by atoms with van der Waals surface area (Å²) in [7, 11) is -3.25. The van der Waals surface area contributed by atoms with E-state index in [0.717, 1.165) is 6.42 Å². The number of sulfonamides is 1. The van der Waals surface area contributed by atoms with Gasteiger partial charge in [-0.1, -0.05) is 0 Å². The van der Waals surface area contributed by atoms with Crippen molar-refractivity contribution in [1.82, 2.24) is 0 Å². The van der Waals surface area contributed by atoms with E-state index in [1.807, 2.05) is 0 Å². The minimum atomic E-state index is -3.25. The Hall–Kier alpha value is -1.56. The van der Waals surface area contributed by atoms with Crippen molar-refractivity contribution in [3.63, 3.8) is 0 Å². The summed E-state index contributed by atoms with van der Waals surface area (Å²) >= 11 is 0. The number of carbonyl (C=O) groups is 1. The average Bonchev–Trinajstić information content (AvgIpc) is 2.29. The Labute approximate surface area is 106 Å². The van der Waals surface area contributed by atoms with E-state index in [0.29, 0.717) is 24.2 Å². The summed E-state index contributed by atoms with van der Waals surface area (Å²) in [5, 5.41) is 8.88. The minimum Gasteiger partial charge on any atom is -0.478 e. The number of carboxylic acid groups (broad SMARTS) is 1. The van der Waals surface area contributed by atoms with Gasteiger partial charge in [0.25, 0.3) is 0 Å². The van der Waals surface area contributed by atoms with Crippen LogP contribution in [0.3, 0.4) is 0 Å². The van der Waals surface area contributed by atoms with Crippen molar-refractivity contribution in [3.05, 3.63) is 29.3 Å². The SMILES string of the molecule is Cc1cc(C(=O)O)ccc1N1CCCCS1(=O)=O. The first-order valence-electron chi connectivity index (χ1n) is 5.76. The number of anilines is 1. The van der Waals surface area contributed by atoms with Gasteiger partial charge in [0, 0.05) is 6.54 Å². The van der Waals surface area contributed by atoms with Crippen LogP contribution < -0.4 is 4.31 Å². The minimum absolute atomic E-state index is 0.160. The molecule has 0 unspecified atom stereocenters. The van der Waals surface area contributed by atoms with Crippen LogP contribution in [0.15, 0.2) is 18.2 Å². The zero-order valence-electron chi connectivity index (χ0n) is 10.1. The lowest BCUT2D eigenvalue weighted by atomic mass is 10.1. The van der Waals surface area contributed by atoms with Crippen LogP contribution in [0.1, 0.15) is 28.8 Å². The Kier molecular flexibility index (Phi) is 3.30. The number of nitrogens with zero attached hydrogens (tertiary/aromatic N) is 1. The van der Waals surface area contributed by atoms with E-state index in [2.05, 4.69) is 0 Å². The van der Waals surface area contributed by atoms with E-state index in [-0.39, 0.29) is 11.3 Å². The Balaban J connectivity index is 2.42. The topological polar surface area (TPSA) is 74.7 Å². The Morgan fingerprint density at radius 2 is 2.06 bits per heavy atom. The molecule has 0 aliphatic carbocycles. The van der Waals surface area contributed by atoms with Crippen LogP contribution in [0.4, 0.5) is 5.69 Å². The third-order valence-corrected chi connectivity index (χ3v) is 4.92. The zero-order chi connectivity index (χ0) is 13.3. The second kappa shape index (κ2) is 4.61. The van der Waals surface area contributed by atoms with Crippen molar-refractivity contribution in [2.75, 3.05) is 16.6 Å². The standard InChI is InChI=1S/C12H15NO4S/c1-9-8-10(12(14)15)4-5-11(9)13-6-2-3-7-18(13,16)17/h4-5,8H,2-3,6-7H2,1H3,(H,14,15). The van der Waals surface area contributed by atoms with Crippen LogP contribution in [0.5, 0.6) is 0 Å². The van der Waals surface area contributed by atoms with Gasteiger partial charge in [-0.15, -0.1) is 0 Å². The first kappa shape index (κ1) is 12.9. The summed E-state index contributed by atoms with van der Waals surface area (Å²) in [5.74, 6) is -0.848. The predicted molar refractivity (Wildman–Crippen MR) is 68.5 cm³/mol.